The molecular formula is C15H19N3O5. The average molecular weight is 321 g/mol. The first-order valence-electron chi connectivity index (χ1n) is 7.53. The molecule has 1 aromatic carbocycles. The third-order valence-electron chi connectivity index (χ3n) is 4.35. The number of esters is 1. The first-order valence-corrected chi connectivity index (χ1v) is 7.53. The van der Waals surface area contributed by atoms with E-state index in [9.17, 15) is 14.9 Å². The maximum Gasteiger partial charge on any atom is 0.338 e. The smallest absolute Gasteiger partial charge is 0.338 e. The van der Waals surface area contributed by atoms with Crippen molar-refractivity contribution in [2.24, 2.45) is 0 Å². The molecule has 0 saturated carbocycles. The van der Waals surface area contributed by atoms with Crippen LogP contribution in [-0.4, -0.2) is 68.3 Å². The zero-order chi connectivity index (χ0) is 16.4. The number of benzene rings is 1. The predicted molar refractivity (Wildman–Crippen MR) is 82.8 cm³/mol. The largest absolute Gasteiger partial charge is 0.465 e. The standard InChI is InChI=1S/C15H19N3O5/c1-22-15(19)11-6-12(8-13(7-11)18(20)21)16-2-4-17(5-3-16)14-9-23-10-14/h6-8,14H,2-5,9-10H2,1H3. The fourth-order valence-corrected chi connectivity index (χ4v) is 2.90. The Kier molecular flexibility index (Phi) is 4.44. The van der Waals surface area contributed by atoms with E-state index in [1.807, 2.05) is 0 Å². The van der Waals surface area contributed by atoms with Crippen LogP contribution in [0.4, 0.5) is 11.4 Å². The second kappa shape index (κ2) is 6.51. The Morgan fingerprint density at radius 2 is 1.96 bits per heavy atom. The van der Waals surface area contributed by atoms with Crippen molar-refractivity contribution in [2.75, 3.05) is 51.4 Å². The van der Waals surface area contributed by atoms with Gasteiger partial charge in [0.2, 0.25) is 0 Å². The molecule has 23 heavy (non-hydrogen) atoms. The van der Waals surface area contributed by atoms with Crippen molar-refractivity contribution < 1.29 is 19.2 Å². The van der Waals surface area contributed by atoms with Crippen LogP contribution in [0.3, 0.4) is 0 Å². The molecule has 2 aliphatic rings. The molecule has 8 heteroatoms. The minimum atomic E-state index is -0.569. The van der Waals surface area contributed by atoms with E-state index in [1.165, 1.54) is 19.2 Å². The van der Waals surface area contributed by atoms with E-state index in [2.05, 4.69) is 14.5 Å². The molecule has 0 N–H and O–H groups in total. The summed E-state index contributed by atoms with van der Waals surface area (Å²) in [5.41, 5.74) is 0.786. The molecule has 0 spiro atoms. The quantitative estimate of drug-likeness (QED) is 0.463. The van der Waals surface area contributed by atoms with Gasteiger partial charge < -0.3 is 14.4 Å². The van der Waals surface area contributed by atoms with Gasteiger partial charge in [-0.15, -0.1) is 0 Å². The Morgan fingerprint density at radius 1 is 1.26 bits per heavy atom. The minimum Gasteiger partial charge on any atom is -0.465 e. The highest BCUT2D eigenvalue weighted by Crippen LogP contribution is 2.26. The van der Waals surface area contributed by atoms with Crippen LogP contribution in [0.1, 0.15) is 10.4 Å². The van der Waals surface area contributed by atoms with Crippen molar-refractivity contribution in [2.45, 2.75) is 6.04 Å². The zero-order valence-electron chi connectivity index (χ0n) is 12.9. The Morgan fingerprint density at radius 3 is 2.48 bits per heavy atom. The predicted octanol–water partition coefficient (Wildman–Crippen LogP) is 0.902. The van der Waals surface area contributed by atoms with Crippen LogP contribution in [0.2, 0.25) is 0 Å². The van der Waals surface area contributed by atoms with Crippen LogP contribution in [-0.2, 0) is 9.47 Å². The third kappa shape index (κ3) is 3.27. The Balaban J connectivity index is 1.77. The van der Waals surface area contributed by atoms with E-state index in [0.717, 1.165) is 39.4 Å². The van der Waals surface area contributed by atoms with Gasteiger partial charge in [0.1, 0.15) is 0 Å². The molecule has 0 aliphatic carbocycles. The molecule has 2 aliphatic heterocycles. The van der Waals surface area contributed by atoms with Gasteiger partial charge in [-0.25, -0.2) is 4.79 Å². The maximum absolute atomic E-state index is 11.7. The van der Waals surface area contributed by atoms with E-state index in [4.69, 9.17) is 4.74 Å². The van der Waals surface area contributed by atoms with Gasteiger partial charge in [-0.2, -0.15) is 0 Å². The van der Waals surface area contributed by atoms with E-state index in [0.29, 0.717) is 11.7 Å². The summed E-state index contributed by atoms with van der Waals surface area (Å²) in [4.78, 5) is 26.8. The second-order valence-electron chi connectivity index (χ2n) is 5.70. The zero-order valence-corrected chi connectivity index (χ0v) is 12.9. The number of rotatable bonds is 4. The topological polar surface area (TPSA) is 85.2 Å². The monoisotopic (exact) mass is 321 g/mol. The summed E-state index contributed by atoms with van der Waals surface area (Å²) in [6.07, 6.45) is 0. The van der Waals surface area contributed by atoms with Gasteiger partial charge in [0.05, 0.1) is 36.9 Å². The number of ether oxygens (including phenoxy) is 2. The number of carbonyl (C=O) groups excluding carboxylic acids is 1. The van der Waals surface area contributed by atoms with E-state index >= 15 is 0 Å². The number of piperazine rings is 1. The summed E-state index contributed by atoms with van der Waals surface area (Å²) in [5, 5.41) is 11.1. The number of carbonyl (C=O) groups is 1. The van der Waals surface area contributed by atoms with Crippen molar-refractivity contribution >= 4 is 17.3 Å². The van der Waals surface area contributed by atoms with Crippen molar-refractivity contribution in [3.63, 3.8) is 0 Å². The highest BCUT2D eigenvalue weighted by atomic mass is 16.6. The lowest BCUT2D eigenvalue weighted by Crippen LogP contribution is -2.56. The molecule has 0 radical (unpaired) electrons. The summed E-state index contributed by atoms with van der Waals surface area (Å²) in [5.74, 6) is -0.569. The fraction of sp³-hybridized carbons (Fsp3) is 0.533. The molecule has 0 bridgehead atoms. The van der Waals surface area contributed by atoms with Crippen LogP contribution in [0, 0.1) is 10.1 Å². The van der Waals surface area contributed by atoms with E-state index in [-0.39, 0.29) is 11.3 Å². The Hall–Kier alpha value is -2.19. The van der Waals surface area contributed by atoms with Gasteiger partial charge in [0.25, 0.3) is 5.69 Å². The van der Waals surface area contributed by atoms with E-state index in [1.54, 1.807) is 6.07 Å². The number of anilines is 1. The molecule has 8 nitrogen and oxygen atoms in total. The van der Waals surface area contributed by atoms with Crippen molar-refractivity contribution in [3.8, 4) is 0 Å². The maximum atomic E-state index is 11.7. The van der Waals surface area contributed by atoms with Gasteiger partial charge in [0, 0.05) is 44.0 Å². The molecule has 2 fully saturated rings. The molecule has 0 aromatic heterocycles. The highest BCUT2D eigenvalue weighted by molar-refractivity contribution is 5.91. The van der Waals surface area contributed by atoms with Gasteiger partial charge >= 0.3 is 5.97 Å². The summed E-state index contributed by atoms with van der Waals surface area (Å²) in [6, 6.07) is 4.90. The molecule has 3 rings (SSSR count). The number of hydrogen-bond acceptors (Lipinski definition) is 7. The van der Waals surface area contributed by atoms with Crippen LogP contribution < -0.4 is 4.90 Å². The highest BCUT2D eigenvalue weighted by Gasteiger charge is 2.29. The molecule has 0 amide bonds. The normalized spacial score (nSPS) is 19.3. The first kappa shape index (κ1) is 15.7. The van der Waals surface area contributed by atoms with E-state index < -0.39 is 10.9 Å². The lowest BCUT2D eigenvalue weighted by atomic mass is 10.1. The lowest BCUT2D eigenvalue weighted by molar-refractivity contribution is -0.384. The summed E-state index contributed by atoms with van der Waals surface area (Å²) in [6.45, 7) is 4.84. The number of nitrogens with zero attached hydrogens (tertiary/aromatic N) is 3. The summed E-state index contributed by atoms with van der Waals surface area (Å²) in [7, 11) is 1.26. The molecule has 124 valence electrons. The van der Waals surface area contributed by atoms with Crippen LogP contribution in [0.5, 0.6) is 0 Å². The molecule has 1 aromatic rings. The van der Waals surface area contributed by atoms with Gasteiger partial charge in [-0.05, 0) is 6.07 Å². The molecule has 0 unspecified atom stereocenters. The first-order chi connectivity index (χ1) is 11.1. The summed E-state index contributed by atoms with van der Waals surface area (Å²) < 4.78 is 9.90. The van der Waals surface area contributed by atoms with Crippen molar-refractivity contribution in [1.29, 1.82) is 0 Å². The number of non-ortho nitro benzene ring substituents is 1. The van der Waals surface area contributed by atoms with Crippen LogP contribution in [0.25, 0.3) is 0 Å². The number of hydrogen-bond donors (Lipinski definition) is 0. The SMILES string of the molecule is COC(=O)c1cc(N2CCN(C3COC3)CC2)cc([N+](=O)[O-])c1. The number of methoxy groups -OCH3 is 1. The second-order valence-corrected chi connectivity index (χ2v) is 5.70. The lowest BCUT2D eigenvalue weighted by Gasteiger charge is -2.43. The molecule has 2 heterocycles. The summed E-state index contributed by atoms with van der Waals surface area (Å²) >= 11 is 0. The molecule has 0 atom stereocenters. The Bertz CT molecular complexity index is 609. The Labute approximate surface area is 133 Å². The van der Waals surface area contributed by atoms with Gasteiger partial charge in [0.15, 0.2) is 0 Å². The third-order valence-corrected chi connectivity index (χ3v) is 4.35. The van der Waals surface area contributed by atoms with Crippen LogP contribution in [0.15, 0.2) is 18.2 Å². The van der Waals surface area contributed by atoms with Gasteiger partial charge in [-0.1, -0.05) is 0 Å². The fourth-order valence-electron chi connectivity index (χ4n) is 2.90. The van der Waals surface area contributed by atoms with Crippen molar-refractivity contribution in [1.82, 2.24) is 4.90 Å². The van der Waals surface area contributed by atoms with Gasteiger partial charge in [-0.3, -0.25) is 15.0 Å². The van der Waals surface area contributed by atoms with Crippen LogP contribution >= 0.6 is 0 Å². The average Bonchev–Trinajstić information content (AvgIpc) is 2.52. The number of nitro benzene ring substituents is 1. The molecule has 2 saturated heterocycles. The number of nitro groups is 1. The molecular weight excluding hydrogens is 302 g/mol. The minimum absolute atomic E-state index is 0.0993. The van der Waals surface area contributed by atoms with Crippen molar-refractivity contribution in [3.05, 3.63) is 33.9 Å².